The Kier molecular flexibility index (Phi) is 5.29. The molecule has 1 aliphatic carbocycles. The smallest absolute Gasteiger partial charge is 0.107 e. The zero-order valence-electron chi connectivity index (χ0n) is 12.0. The van der Waals surface area contributed by atoms with Gasteiger partial charge in [0.1, 0.15) is 4.99 Å². The number of hydrogen-bond donors (Lipinski definition) is 2. The molecular weight excluding hydrogens is 288 g/mol. The SMILES string of the molecule is CSc1cccc(N(C)C2CCCCC2O)c1C(N)=S. The second-order valence-corrected chi connectivity index (χ2v) is 6.54. The molecule has 1 aromatic carbocycles. The van der Waals surface area contributed by atoms with E-state index in [1.54, 1.807) is 11.8 Å². The summed E-state index contributed by atoms with van der Waals surface area (Å²) in [4.78, 5) is 3.66. The molecular formula is C15H22N2OS2. The van der Waals surface area contributed by atoms with Gasteiger partial charge in [-0.3, -0.25) is 0 Å². The van der Waals surface area contributed by atoms with E-state index in [1.807, 2.05) is 31.5 Å². The van der Waals surface area contributed by atoms with Crippen LogP contribution in [0.5, 0.6) is 0 Å². The molecule has 1 aliphatic rings. The predicted octanol–water partition coefficient (Wildman–Crippen LogP) is 2.78. The van der Waals surface area contributed by atoms with Crippen molar-refractivity contribution in [2.24, 2.45) is 5.73 Å². The number of rotatable bonds is 4. The van der Waals surface area contributed by atoms with Crippen LogP contribution < -0.4 is 10.6 Å². The maximum absolute atomic E-state index is 10.2. The first-order chi connectivity index (χ1) is 9.56. The molecule has 1 aromatic rings. The minimum Gasteiger partial charge on any atom is -0.391 e. The van der Waals surface area contributed by atoms with Gasteiger partial charge >= 0.3 is 0 Å². The first-order valence-corrected chi connectivity index (χ1v) is 8.57. The fourth-order valence-electron chi connectivity index (χ4n) is 2.95. The summed E-state index contributed by atoms with van der Waals surface area (Å²) in [7, 11) is 2.03. The van der Waals surface area contributed by atoms with Crippen molar-refractivity contribution in [3.8, 4) is 0 Å². The number of thiocarbonyl (C=S) groups is 1. The summed E-state index contributed by atoms with van der Waals surface area (Å²) in [5.74, 6) is 0. The molecule has 0 saturated heterocycles. The zero-order chi connectivity index (χ0) is 14.7. The van der Waals surface area contributed by atoms with Crippen molar-refractivity contribution in [3.63, 3.8) is 0 Å². The van der Waals surface area contributed by atoms with Gasteiger partial charge in [0, 0.05) is 23.2 Å². The van der Waals surface area contributed by atoms with Crippen LogP contribution in [0.1, 0.15) is 31.2 Å². The van der Waals surface area contributed by atoms with Gasteiger partial charge in [-0.15, -0.1) is 11.8 Å². The lowest BCUT2D eigenvalue weighted by atomic mass is 9.91. The van der Waals surface area contributed by atoms with Gasteiger partial charge in [0.15, 0.2) is 0 Å². The van der Waals surface area contributed by atoms with Gasteiger partial charge in [-0.2, -0.15) is 0 Å². The van der Waals surface area contributed by atoms with E-state index >= 15 is 0 Å². The van der Waals surface area contributed by atoms with Crippen LogP contribution in [0.25, 0.3) is 0 Å². The highest BCUT2D eigenvalue weighted by molar-refractivity contribution is 7.98. The van der Waals surface area contributed by atoms with Crippen LogP contribution in [0.15, 0.2) is 23.1 Å². The molecule has 0 amide bonds. The molecule has 110 valence electrons. The molecule has 2 rings (SSSR count). The van der Waals surface area contributed by atoms with Crippen LogP contribution in [0, 0.1) is 0 Å². The van der Waals surface area contributed by atoms with Crippen molar-refractivity contribution in [1.29, 1.82) is 0 Å². The van der Waals surface area contributed by atoms with Crippen molar-refractivity contribution in [2.75, 3.05) is 18.2 Å². The van der Waals surface area contributed by atoms with Crippen LogP contribution in [0.3, 0.4) is 0 Å². The fourth-order valence-corrected chi connectivity index (χ4v) is 3.87. The third-order valence-electron chi connectivity index (χ3n) is 4.04. The maximum Gasteiger partial charge on any atom is 0.107 e. The Labute approximate surface area is 130 Å². The van der Waals surface area contributed by atoms with E-state index in [-0.39, 0.29) is 12.1 Å². The summed E-state index contributed by atoms with van der Waals surface area (Å²) < 4.78 is 0. The summed E-state index contributed by atoms with van der Waals surface area (Å²) in [5, 5.41) is 10.2. The number of likely N-dealkylation sites (N-methyl/N-ethyl adjacent to an activating group) is 1. The summed E-state index contributed by atoms with van der Waals surface area (Å²) >= 11 is 6.87. The summed E-state index contributed by atoms with van der Waals surface area (Å²) in [5.41, 5.74) is 7.87. The largest absolute Gasteiger partial charge is 0.391 e. The highest BCUT2D eigenvalue weighted by Crippen LogP contribution is 2.33. The Morgan fingerprint density at radius 2 is 2.10 bits per heavy atom. The fraction of sp³-hybridized carbons (Fsp3) is 0.533. The van der Waals surface area contributed by atoms with E-state index in [9.17, 15) is 5.11 Å². The van der Waals surface area contributed by atoms with Gasteiger partial charge in [-0.25, -0.2) is 0 Å². The van der Waals surface area contributed by atoms with Gasteiger partial charge in [-0.05, 0) is 31.2 Å². The first-order valence-electron chi connectivity index (χ1n) is 6.94. The van der Waals surface area contributed by atoms with Crippen LogP contribution in [-0.4, -0.2) is 35.5 Å². The molecule has 0 heterocycles. The van der Waals surface area contributed by atoms with Crippen LogP contribution in [-0.2, 0) is 0 Å². The molecule has 0 aromatic heterocycles. The number of anilines is 1. The molecule has 2 atom stereocenters. The molecule has 2 unspecified atom stereocenters. The van der Waals surface area contributed by atoms with E-state index in [1.165, 1.54) is 0 Å². The summed E-state index contributed by atoms with van der Waals surface area (Å²) in [6.45, 7) is 0. The Hall–Kier alpha value is -0.780. The molecule has 0 spiro atoms. The van der Waals surface area contributed by atoms with E-state index in [2.05, 4.69) is 4.90 Å². The van der Waals surface area contributed by atoms with Crippen molar-refractivity contribution >= 4 is 34.7 Å². The van der Waals surface area contributed by atoms with Gasteiger partial charge in [0.05, 0.1) is 12.1 Å². The molecule has 5 heteroatoms. The predicted molar refractivity (Wildman–Crippen MR) is 90.8 cm³/mol. The third-order valence-corrected chi connectivity index (χ3v) is 5.03. The zero-order valence-corrected chi connectivity index (χ0v) is 13.6. The standard InChI is InChI=1S/C15H22N2OS2/c1-17(10-6-3-4-8-12(10)18)11-7-5-9-13(20-2)14(11)15(16)19/h5,7,9-10,12,18H,3-4,6,8H2,1-2H3,(H2,16,19). The number of thioether (sulfide) groups is 1. The first kappa shape index (κ1) is 15.6. The van der Waals surface area contributed by atoms with Gasteiger partial charge in [0.2, 0.25) is 0 Å². The Bertz CT molecular complexity index is 493. The number of nitrogens with two attached hydrogens (primary N) is 1. The Balaban J connectivity index is 2.38. The number of nitrogens with zero attached hydrogens (tertiary/aromatic N) is 1. The number of aliphatic hydroxyl groups is 1. The average molecular weight is 310 g/mol. The lowest BCUT2D eigenvalue weighted by Gasteiger charge is -2.37. The quantitative estimate of drug-likeness (QED) is 0.661. The van der Waals surface area contributed by atoms with Gasteiger partial charge in [-0.1, -0.05) is 31.1 Å². The second kappa shape index (κ2) is 6.78. The van der Waals surface area contributed by atoms with E-state index < -0.39 is 0 Å². The highest BCUT2D eigenvalue weighted by Gasteiger charge is 2.28. The molecule has 20 heavy (non-hydrogen) atoms. The highest BCUT2D eigenvalue weighted by atomic mass is 32.2. The van der Waals surface area contributed by atoms with Crippen molar-refractivity contribution < 1.29 is 5.11 Å². The molecule has 0 radical (unpaired) electrons. The Morgan fingerprint density at radius 1 is 1.40 bits per heavy atom. The van der Waals surface area contributed by atoms with E-state index in [4.69, 9.17) is 18.0 Å². The van der Waals surface area contributed by atoms with E-state index in [0.29, 0.717) is 4.99 Å². The van der Waals surface area contributed by atoms with Crippen molar-refractivity contribution in [3.05, 3.63) is 23.8 Å². The molecule has 0 aliphatic heterocycles. The minimum absolute atomic E-state index is 0.147. The van der Waals surface area contributed by atoms with Crippen LogP contribution in [0.2, 0.25) is 0 Å². The summed E-state index contributed by atoms with van der Waals surface area (Å²) in [6, 6.07) is 6.24. The van der Waals surface area contributed by atoms with Crippen molar-refractivity contribution in [1.82, 2.24) is 0 Å². The lowest BCUT2D eigenvalue weighted by molar-refractivity contribution is 0.106. The monoisotopic (exact) mass is 310 g/mol. The molecule has 1 fully saturated rings. The Morgan fingerprint density at radius 3 is 2.70 bits per heavy atom. The molecule has 3 nitrogen and oxygen atoms in total. The van der Waals surface area contributed by atoms with Gasteiger partial charge in [0.25, 0.3) is 0 Å². The topological polar surface area (TPSA) is 49.5 Å². The van der Waals surface area contributed by atoms with Gasteiger partial charge < -0.3 is 15.7 Å². The normalized spacial score (nSPS) is 22.6. The summed E-state index contributed by atoms with van der Waals surface area (Å²) in [6.07, 6.45) is 5.91. The van der Waals surface area contributed by atoms with Crippen LogP contribution >= 0.6 is 24.0 Å². The molecule has 1 saturated carbocycles. The maximum atomic E-state index is 10.2. The lowest BCUT2D eigenvalue weighted by Crippen LogP contribution is -2.44. The van der Waals surface area contributed by atoms with Crippen molar-refractivity contribution in [2.45, 2.75) is 42.7 Å². The molecule has 0 bridgehead atoms. The molecule has 3 N–H and O–H groups in total. The second-order valence-electron chi connectivity index (χ2n) is 5.25. The van der Waals surface area contributed by atoms with E-state index in [0.717, 1.165) is 41.8 Å². The minimum atomic E-state index is -0.272. The number of benzene rings is 1. The third kappa shape index (κ3) is 3.10. The average Bonchev–Trinajstić information content (AvgIpc) is 2.46. The number of hydrogen-bond acceptors (Lipinski definition) is 4. The number of aliphatic hydroxyl groups excluding tert-OH is 1. The van der Waals surface area contributed by atoms with Crippen LogP contribution in [0.4, 0.5) is 5.69 Å².